The number of nitrogens with zero attached hydrogens (tertiary/aromatic N) is 3. The van der Waals surface area contributed by atoms with Gasteiger partial charge in [0.1, 0.15) is 17.4 Å². The monoisotopic (exact) mass is 523 g/mol. The third kappa shape index (κ3) is 5.24. The Hall–Kier alpha value is -3.66. The van der Waals surface area contributed by atoms with Crippen LogP contribution >= 0.6 is 0 Å². The number of ether oxygens (including phenoxy) is 1. The minimum Gasteiger partial charge on any atom is -0.494 e. The second-order valence-electron chi connectivity index (χ2n) is 9.81. The Morgan fingerprint density at radius 2 is 1.89 bits per heavy atom. The van der Waals surface area contributed by atoms with Crippen LogP contribution in [0.5, 0.6) is 5.75 Å². The first-order valence-electron chi connectivity index (χ1n) is 12.3. The topological polar surface area (TPSA) is 128 Å². The van der Waals surface area contributed by atoms with Crippen molar-refractivity contribution in [3.05, 3.63) is 59.7 Å². The third-order valence-electron chi connectivity index (χ3n) is 7.07. The van der Waals surface area contributed by atoms with Crippen LogP contribution in [0.2, 0.25) is 0 Å². The lowest BCUT2D eigenvalue weighted by atomic mass is 9.90. The van der Waals surface area contributed by atoms with Gasteiger partial charge < -0.3 is 15.4 Å². The van der Waals surface area contributed by atoms with Gasteiger partial charge in [0.05, 0.1) is 17.9 Å². The van der Waals surface area contributed by atoms with Crippen LogP contribution < -0.4 is 20.1 Å². The van der Waals surface area contributed by atoms with E-state index in [2.05, 4.69) is 35.4 Å². The number of pyridine rings is 2. The Morgan fingerprint density at radius 3 is 2.49 bits per heavy atom. The zero-order valence-electron chi connectivity index (χ0n) is 21.8. The molecule has 0 spiro atoms. The average molecular weight is 524 g/mol. The summed E-state index contributed by atoms with van der Waals surface area (Å²) < 4.78 is 33.6. The number of anilines is 2. The highest BCUT2D eigenvalue weighted by atomic mass is 32.2. The van der Waals surface area contributed by atoms with Gasteiger partial charge in [0, 0.05) is 17.6 Å². The van der Waals surface area contributed by atoms with Gasteiger partial charge in [0.2, 0.25) is 0 Å². The van der Waals surface area contributed by atoms with Crippen LogP contribution in [0.25, 0.3) is 11.3 Å². The summed E-state index contributed by atoms with van der Waals surface area (Å²) in [5, 5.41) is -0.326. The van der Waals surface area contributed by atoms with Gasteiger partial charge in [-0.25, -0.2) is 14.7 Å². The van der Waals surface area contributed by atoms with Crippen molar-refractivity contribution in [1.82, 2.24) is 14.7 Å². The van der Waals surface area contributed by atoms with Crippen LogP contribution in [0.1, 0.15) is 50.0 Å². The maximum atomic E-state index is 13.5. The molecule has 1 fully saturated rings. The molecule has 3 heterocycles. The standard InChI is InChI=1S/C27H33N5O4S/c1-6-36-20-12-10-19(11-13-20)24-17(2)16-21(25(30-24)32-15-14-18(3)27(32,4)5)26(33)31-37(34,35)23-9-7-8-22(28)29-23/h7-13,16,18H,6,14-15H2,1-5H3,(H2,28,29)(H,31,33). The van der Waals surface area contributed by atoms with E-state index in [0.29, 0.717) is 30.6 Å². The number of aryl methyl sites for hydroxylation is 1. The lowest BCUT2D eigenvalue weighted by Crippen LogP contribution is -2.44. The van der Waals surface area contributed by atoms with Crippen molar-refractivity contribution in [2.45, 2.75) is 51.6 Å². The summed E-state index contributed by atoms with van der Waals surface area (Å²) in [6.07, 6.45) is 0.924. The molecule has 196 valence electrons. The molecular formula is C27H33N5O4S. The molecule has 3 N–H and O–H groups in total. The lowest BCUT2D eigenvalue weighted by Gasteiger charge is -2.37. The van der Waals surface area contributed by atoms with Crippen LogP contribution in [0.15, 0.2) is 53.6 Å². The molecule has 0 radical (unpaired) electrons. The second kappa shape index (κ2) is 10.0. The van der Waals surface area contributed by atoms with Crippen LogP contribution in [-0.2, 0) is 10.0 Å². The maximum absolute atomic E-state index is 13.5. The van der Waals surface area contributed by atoms with E-state index in [0.717, 1.165) is 23.3 Å². The number of nitrogens with one attached hydrogen (secondary N) is 1. The van der Waals surface area contributed by atoms with Crippen molar-refractivity contribution < 1.29 is 17.9 Å². The van der Waals surface area contributed by atoms with E-state index in [4.69, 9.17) is 15.5 Å². The quantitative estimate of drug-likeness (QED) is 0.472. The fourth-order valence-electron chi connectivity index (χ4n) is 4.56. The predicted octanol–water partition coefficient (Wildman–Crippen LogP) is 4.18. The summed E-state index contributed by atoms with van der Waals surface area (Å²) >= 11 is 0. The predicted molar refractivity (Wildman–Crippen MR) is 144 cm³/mol. The van der Waals surface area contributed by atoms with Crippen molar-refractivity contribution in [2.75, 3.05) is 23.8 Å². The van der Waals surface area contributed by atoms with Gasteiger partial charge >= 0.3 is 0 Å². The Balaban J connectivity index is 1.79. The number of hydrogen-bond donors (Lipinski definition) is 2. The summed E-state index contributed by atoms with van der Waals surface area (Å²) in [6.45, 7) is 11.4. The summed E-state index contributed by atoms with van der Waals surface area (Å²) in [5.74, 6) is 0.817. The van der Waals surface area contributed by atoms with E-state index in [1.807, 2.05) is 38.1 Å². The summed E-state index contributed by atoms with van der Waals surface area (Å²) in [5.41, 5.74) is 7.87. The molecule has 0 saturated carbocycles. The Morgan fingerprint density at radius 1 is 1.19 bits per heavy atom. The van der Waals surface area contributed by atoms with E-state index in [-0.39, 0.29) is 21.9 Å². The number of carbonyl (C=O) groups excluding carboxylic acids is 1. The first kappa shape index (κ1) is 26.4. The highest BCUT2D eigenvalue weighted by Crippen LogP contribution is 2.40. The highest BCUT2D eigenvalue weighted by Gasteiger charge is 2.41. The van der Waals surface area contributed by atoms with E-state index in [1.54, 1.807) is 6.07 Å². The van der Waals surface area contributed by atoms with E-state index >= 15 is 0 Å². The van der Waals surface area contributed by atoms with Crippen molar-refractivity contribution in [3.8, 4) is 17.0 Å². The molecule has 1 aliphatic rings. The smallest absolute Gasteiger partial charge is 0.281 e. The summed E-state index contributed by atoms with van der Waals surface area (Å²) in [6, 6.07) is 13.6. The van der Waals surface area contributed by atoms with E-state index in [1.165, 1.54) is 18.2 Å². The van der Waals surface area contributed by atoms with Gasteiger partial charge in [0.25, 0.3) is 15.9 Å². The van der Waals surface area contributed by atoms with Crippen molar-refractivity contribution in [1.29, 1.82) is 0 Å². The van der Waals surface area contributed by atoms with Crippen LogP contribution in [0.4, 0.5) is 11.6 Å². The molecule has 1 atom stereocenters. The molecule has 1 aromatic carbocycles. The van der Waals surface area contributed by atoms with Crippen LogP contribution in [0.3, 0.4) is 0 Å². The molecule has 1 unspecified atom stereocenters. The SMILES string of the molecule is CCOc1ccc(-c2nc(N3CCC(C)C3(C)C)c(C(=O)NS(=O)(=O)c3cccc(N)n3)cc2C)cc1. The second-order valence-corrected chi connectivity index (χ2v) is 11.4. The van der Waals surface area contributed by atoms with Gasteiger partial charge in [-0.1, -0.05) is 13.0 Å². The van der Waals surface area contributed by atoms with Gasteiger partial charge in [-0.3, -0.25) is 4.79 Å². The highest BCUT2D eigenvalue weighted by molar-refractivity contribution is 7.90. The molecule has 1 saturated heterocycles. The van der Waals surface area contributed by atoms with Gasteiger partial charge in [-0.15, -0.1) is 0 Å². The zero-order valence-corrected chi connectivity index (χ0v) is 22.6. The molecule has 3 aromatic rings. The van der Waals surface area contributed by atoms with E-state index in [9.17, 15) is 13.2 Å². The lowest BCUT2D eigenvalue weighted by molar-refractivity contribution is 0.0981. The van der Waals surface area contributed by atoms with Crippen LogP contribution in [-0.4, -0.2) is 43.0 Å². The first-order chi connectivity index (χ1) is 17.4. The number of sulfonamides is 1. The normalized spacial score (nSPS) is 17.0. The molecule has 37 heavy (non-hydrogen) atoms. The fraction of sp³-hybridized carbons (Fsp3) is 0.370. The molecule has 0 aliphatic carbocycles. The number of rotatable bonds is 7. The molecule has 9 nitrogen and oxygen atoms in total. The maximum Gasteiger partial charge on any atom is 0.281 e. The van der Waals surface area contributed by atoms with Crippen molar-refractivity contribution in [3.63, 3.8) is 0 Å². The minimum absolute atomic E-state index is 0.0426. The number of amides is 1. The summed E-state index contributed by atoms with van der Waals surface area (Å²) in [4.78, 5) is 24.4. The fourth-order valence-corrected chi connectivity index (χ4v) is 5.51. The van der Waals surface area contributed by atoms with Gasteiger partial charge in [0.15, 0.2) is 5.03 Å². The van der Waals surface area contributed by atoms with E-state index < -0.39 is 15.9 Å². The Kier molecular flexibility index (Phi) is 7.14. The molecule has 0 bridgehead atoms. The number of carbonyl (C=O) groups is 1. The number of nitrogens with two attached hydrogens (primary N) is 1. The number of nitrogen functional groups attached to an aromatic ring is 1. The molecule has 2 aromatic heterocycles. The van der Waals surface area contributed by atoms with Gasteiger partial charge in [-0.2, -0.15) is 8.42 Å². The van der Waals surface area contributed by atoms with Crippen molar-refractivity contribution >= 4 is 27.6 Å². The largest absolute Gasteiger partial charge is 0.494 e. The average Bonchev–Trinajstić information content (AvgIpc) is 3.11. The molecule has 1 aliphatic heterocycles. The molecule has 10 heteroatoms. The third-order valence-corrected chi connectivity index (χ3v) is 8.30. The Labute approximate surface area is 218 Å². The first-order valence-corrected chi connectivity index (χ1v) is 13.7. The number of hydrogen-bond acceptors (Lipinski definition) is 8. The minimum atomic E-state index is -4.25. The van der Waals surface area contributed by atoms with Crippen LogP contribution in [0, 0.1) is 12.8 Å². The van der Waals surface area contributed by atoms with Gasteiger partial charge in [-0.05, 0) is 88.1 Å². The molecular weight excluding hydrogens is 490 g/mol. The zero-order chi connectivity index (χ0) is 27.0. The number of benzene rings is 1. The summed E-state index contributed by atoms with van der Waals surface area (Å²) in [7, 11) is -4.25. The molecule has 1 amide bonds. The number of aromatic nitrogens is 2. The molecule has 4 rings (SSSR count). The Bertz CT molecular complexity index is 1420. The van der Waals surface area contributed by atoms with Crippen molar-refractivity contribution in [2.24, 2.45) is 5.92 Å².